The Labute approximate surface area is 154 Å². The molecule has 0 saturated heterocycles. The van der Waals surface area contributed by atoms with Crippen molar-refractivity contribution in [3.8, 4) is 23.0 Å². The molecular weight excluding hydrogens is 332 g/mol. The Morgan fingerprint density at radius 2 is 0.923 bits per heavy atom. The summed E-state index contributed by atoms with van der Waals surface area (Å²) in [6, 6.07) is 11.6. The summed E-state index contributed by atoms with van der Waals surface area (Å²) in [5.74, 6) is 2.99. The van der Waals surface area contributed by atoms with Gasteiger partial charge in [-0.2, -0.15) is 0 Å². The molecule has 1 saturated carbocycles. The lowest BCUT2D eigenvalue weighted by Crippen LogP contribution is -2.18. The van der Waals surface area contributed by atoms with Crippen molar-refractivity contribution in [1.29, 1.82) is 0 Å². The van der Waals surface area contributed by atoms with E-state index >= 15 is 0 Å². The zero-order valence-corrected chi connectivity index (χ0v) is 15.7. The molecule has 0 aliphatic heterocycles. The Bertz CT molecular complexity index is 650. The topological polar surface area (TPSA) is 57.2 Å². The number of hydrogen-bond donors (Lipinski definition) is 1. The molecule has 26 heavy (non-hydrogen) atoms. The molecule has 5 nitrogen and oxygen atoms in total. The zero-order chi connectivity index (χ0) is 18.7. The predicted octanol–water partition coefficient (Wildman–Crippen LogP) is 3.74. The SMILES string of the molecule is COc1cc(OC)cc([C@H]2CC[C@@H](c3cc(OC)cc(OC)c3)C2O)c1. The molecule has 1 aliphatic carbocycles. The molecule has 0 spiro atoms. The van der Waals surface area contributed by atoms with Crippen LogP contribution < -0.4 is 18.9 Å². The molecule has 0 radical (unpaired) electrons. The predicted molar refractivity (Wildman–Crippen MR) is 99.8 cm³/mol. The fourth-order valence-corrected chi connectivity index (χ4v) is 3.80. The molecule has 2 aromatic carbocycles. The maximum Gasteiger partial charge on any atom is 0.122 e. The molecule has 3 rings (SSSR count). The van der Waals surface area contributed by atoms with Gasteiger partial charge in [0.15, 0.2) is 0 Å². The van der Waals surface area contributed by atoms with E-state index < -0.39 is 6.10 Å². The van der Waals surface area contributed by atoms with Crippen molar-refractivity contribution in [2.75, 3.05) is 28.4 Å². The normalized spacial score (nSPS) is 22.1. The molecule has 1 aliphatic rings. The summed E-state index contributed by atoms with van der Waals surface area (Å²) in [6.07, 6.45) is 1.28. The minimum absolute atomic E-state index is 0.0289. The minimum Gasteiger partial charge on any atom is -0.497 e. The van der Waals surface area contributed by atoms with E-state index in [9.17, 15) is 5.11 Å². The average molecular weight is 358 g/mol. The standard InChI is InChI=1S/C21H26O5/c1-23-15-7-13(8-16(11-15)24-2)19-5-6-20(21(19)22)14-9-17(25-3)12-18(10-14)26-4/h7-12,19-22H,5-6H2,1-4H3/t19-,20+,21?. The molecule has 5 heteroatoms. The van der Waals surface area contributed by atoms with E-state index in [0.29, 0.717) is 0 Å². The summed E-state index contributed by atoms with van der Waals surface area (Å²) >= 11 is 0. The van der Waals surface area contributed by atoms with Crippen LogP contribution in [0.25, 0.3) is 0 Å². The van der Waals surface area contributed by atoms with Crippen LogP contribution in [-0.4, -0.2) is 39.6 Å². The van der Waals surface area contributed by atoms with Gasteiger partial charge in [0, 0.05) is 24.0 Å². The molecule has 2 aromatic rings. The quantitative estimate of drug-likeness (QED) is 0.852. The van der Waals surface area contributed by atoms with Crippen molar-refractivity contribution in [2.45, 2.75) is 30.8 Å². The second kappa shape index (κ2) is 7.87. The molecule has 3 atom stereocenters. The van der Waals surface area contributed by atoms with Crippen LogP contribution >= 0.6 is 0 Å². The van der Waals surface area contributed by atoms with Crippen LogP contribution in [-0.2, 0) is 0 Å². The van der Waals surface area contributed by atoms with Crippen LogP contribution in [0.3, 0.4) is 0 Å². The lowest BCUT2D eigenvalue weighted by molar-refractivity contribution is 0.145. The smallest absolute Gasteiger partial charge is 0.122 e. The highest BCUT2D eigenvalue weighted by molar-refractivity contribution is 5.44. The second-order valence-corrected chi connectivity index (χ2v) is 6.57. The first-order chi connectivity index (χ1) is 12.6. The highest BCUT2D eigenvalue weighted by Crippen LogP contribution is 2.46. The van der Waals surface area contributed by atoms with Crippen LogP contribution in [0, 0.1) is 0 Å². The summed E-state index contributed by atoms with van der Waals surface area (Å²) < 4.78 is 21.5. The third kappa shape index (κ3) is 3.58. The van der Waals surface area contributed by atoms with Gasteiger partial charge in [0.05, 0.1) is 34.5 Å². The average Bonchev–Trinajstić information content (AvgIpc) is 3.08. The molecule has 1 N–H and O–H groups in total. The first-order valence-corrected chi connectivity index (χ1v) is 8.73. The van der Waals surface area contributed by atoms with Crippen molar-refractivity contribution in [3.63, 3.8) is 0 Å². The number of rotatable bonds is 6. The minimum atomic E-state index is -0.497. The van der Waals surface area contributed by atoms with E-state index in [1.807, 2.05) is 36.4 Å². The Balaban J connectivity index is 1.90. The van der Waals surface area contributed by atoms with Gasteiger partial charge in [-0.3, -0.25) is 0 Å². The highest BCUT2D eigenvalue weighted by Gasteiger charge is 2.37. The summed E-state index contributed by atoms with van der Waals surface area (Å²) in [5.41, 5.74) is 2.07. The molecule has 0 amide bonds. The second-order valence-electron chi connectivity index (χ2n) is 6.57. The van der Waals surface area contributed by atoms with Crippen molar-refractivity contribution in [3.05, 3.63) is 47.5 Å². The molecule has 1 fully saturated rings. The lowest BCUT2D eigenvalue weighted by Gasteiger charge is -2.22. The highest BCUT2D eigenvalue weighted by atomic mass is 16.5. The summed E-state index contributed by atoms with van der Waals surface area (Å²) in [7, 11) is 6.54. The maximum atomic E-state index is 11.0. The van der Waals surface area contributed by atoms with Gasteiger partial charge in [-0.15, -0.1) is 0 Å². The molecule has 1 unspecified atom stereocenters. The van der Waals surface area contributed by atoms with Gasteiger partial charge in [0.25, 0.3) is 0 Å². The van der Waals surface area contributed by atoms with E-state index in [1.165, 1.54) is 0 Å². The Hall–Kier alpha value is -2.40. The van der Waals surface area contributed by atoms with Gasteiger partial charge in [0.1, 0.15) is 23.0 Å². The van der Waals surface area contributed by atoms with Crippen molar-refractivity contribution in [1.82, 2.24) is 0 Å². The van der Waals surface area contributed by atoms with E-state index in [2.05, 4.69) is 0 Å². The van der Waals surface area contributed by atoms with Crippen LogP contribution in [0.2, 0.25) is 0 Å². The monoisotopic (exact) mass is 358 g/mol. The van der Waals surface area contributed by atoms with Crippen LogP contribution in [0.15, 0.2) is 36.4 Å². The van der Waals surface area contributed by atoms with Gasteiger partial charge in [-0.1, -0.05) is 0 Å². The van der Waals surface area contributed by atoms with Crippen LogP contribution in [0.5, 0.6) is 23.0 Å². The van der Waals surface area contributed by atoms with Gasteiger partial charge < -0.3 is 24.1 Å². The zero-order valence-electron chi connectivity index (χ0n) is 15.7. The van der Waals surface area contributed by atoms with Gasteiger partial charge in [-0.05, 0) is 48.2 Å². The Morgan fingerprint density at radius 3 is 1.19 bits per heavy atom. The third-order valence-electron chi connectivity index (χ3n) is 5.22. The Morgan fingerprint density at radius 1 is 0.615 bits per heavy atom. The number of benzene rings is 2. The van der Waals surface area contributed by atoms with E-state index in [1.54, 1.807) is 28.4 Å². The van der Waals surface area contributed by atoms with Crippen molar-refractivity contribution in [2.24, 2.45) is 0 Å². The number of hydrogen-bond acceptors (Lipinski definition) is 5. The molecule has 0 heterocycles. The fourth-order valence-electron chi connectivity index (χ4n) is 3.80. The summed E-state index contributed by atoms with van der Waals surface area (Å²) in [6.45, 7) is 0. The molecule has 140 valence electrons. The van der Waals surface area contributed by atoms with Gasteiger partial charge in [0.2, 0.25) is 0 Å². The Kier molecular flexibility index (Phi) is 5.57. The van der Waals surface area contributed by atoms with Crippen LogP contribution in [0.4, 0.5) is 0 Å². The van der Waals surface area contributed by atoms with E-state index in [-0.39, 0.29) is 11.8 Å². The maximum absolute atomic E-state index is 11.0. The summed E-state index contributed by atoms with van der Waals surface area (Å²) in [4.78, 5) is 0. The number of ether oxygens (including phenoxy) is 4. The van der Waals surface area contributed by atoms with Crippen molar-refractivity contribution >= 4 is 0 Å². The third-order valence-corrected chi connectivity index (χ3v) is 5.22. The largest absolute Gasteiger partial charge is 0.497 e. The fraction of sp³-hybridized carbons (Fsp3) is 0.429. The molecule has 0 aromatic heterocycles. The van der Waals surface area contributed by atoms with Gasteiger partial charge >= 0.3 is 0 Å². The first-order valence-electron chi connectivity index (χ1n) is 8.73. The first kappa shape index (κ1) is 18.4. The lowest BCUT2D eigenvalue weighted by atomic mass is 9.89. The van der Waals surface area contributed by atoms with Crippen LogP contribution in [0.1, 0.15) is 35.8 Å². The number of aliphatic hydroxyl groups is 1. The molecular formula is C21H26O5. The van der Waals surface area contributed by atoms with E-state index in [0.717, 1.165) is 47.0 Å². The summed E-state index contributed by atoms with van der Waals surface area (Å²) in [5, 5.41) is 11.0. The number of methoxy groups -OCH3 is 4. The van der Waals surface area contributed by atoms with Gasteiger partial charge in [-0.25, -0.2) is 0 Å². The van der Waals surface area contributed by atoms with E-state index in [4.69, 9.17) is 18.9 Å². The molecule has 0 bridgehead atoms. The number of aliphatic hydroxyl groups excluding tert-OH is 1. The van der Waals surface area contributed by atoms with Crippen molar-refractivity contribution < 1.29 is 24.1 Å².